The van der Waals surface area contributed by atoms with Gasteiger partial charge in [0.15, 0.2) is 0 Å². The Morgan fingerprint density at radius 3 is 2.68 bits per heavy atom. The van der Waals surface area contributed by atoms with Crippen molar-refractivity contribution in [2.24, 2.45) is 0 Å². The standard InChI is InChI=1S/C18H26N2O2/c1-2-14-22-18-6-4-16(5-7-18)15-19-10-3-11-20-12-8-17(21)9-13-20/h1,4-7,17,19,21H,3,8-15H2. The molecule has 2 N–H and O–H groups in total. The van der Waals surface area contributed by atoms with Crippen LogP contribution in [0.5, 0.6) is 5.75 Å². The van der Waals surface area contributed by atoms with Crippen LogP contribution in [0.4, 0.5) is 0 Å². The van der Waals surface area contributed by atoms with E-state index in [4.69, 9.17) is 11.2 Å². The second kappa shape index (κ2) is 9.47. The maximum absolute atomic E-state index is 9.47. The number of terminal acetylenes is 1. The summed E-state index contributed by atoms with van der Waals surface area (Å²) in [4.78, 5) is 2.44. The van der Waals surface area contributed by atoms with E-state index in [1.165, 1.54) is 5.56 Å². The van der Waals surface area contributed by atoms with Crippen molar-refractivity contribution in [3.05, 3.63) is 29.8 Å². The van der Waals surface area contributed by atoms with Crippen LogP contribution in [0, 0.1) is 12.3 Å². The summed E-state index contributed by atoms with van der Waals surface area (Å²) in [6.45, 7) is 5.35. The van der Waals surface area contributed by atoms with Crippen molar-refractivity contribution >= 4 is 0 Å². The van der Waals surface area contributed by atoms with Gasteiger partial charge in [0.2, 0.25) is 0 Å². The molecule has 0 aliphatic carbocycles. The lowest BCUT2D eigenvalue weighted by molar-refractivity contribution is 0.0821. The number of hydrogen-bond acceptors (Lipinski definition) is 4. The van der Waals surface area contributed by atoms with Crippen molar-refractivity contribution < 1.29 is 9.84 Å². The zero-order valence-electron chi connectivity index (χ0n) is 13.1. The first-order valence-corrected chi connectivity index (χ1v) is 8.04. The first-order valence-electron chi connectivity index (χ1n) is 8.04. The van der Waals surface area contributed by atoms with Gasteiger partial charge in [0, 0.05) is 19.6 Å². The number of ether oxygens (including phenoxy) is 1. The highest BCUT2D eigenvalue weighted by molar-refractivity contribution is 5.27. The summed E-state index contributed by atoms with van der Waals surface area (Å²) < 4.78 is 5.35. The van der Waals surface area contributed by atoms with Crippen LogP contribution in [0.3, 0.4) is 0 Å². The lowest BCUT2D eigenvalue weighted by atomic mass is 10.1. The lowest BCUT2D eigenvalue weighted by Gasteiger charge is -2.29. The van der Waals surface area contributed by atoms with E-state index in [-0.39, 0.29) is 6.10 Å². The molecule has 4 nitrogen and oxygen atoms in total. The molecule has 0 radical (unpaired) electrons. The largest absolute Gasteiger partial charge is 0.481 e. The number of nitrogens with one attached hydrogen (secondary N) is 1. The first kappa shape index (κ1) is 16.8. The molecule has 1 aromatic carbocycles. The minimum absolute atomic E-state index is 0.0815. The fraction of sp³-hybridized carbons (Fsp3) is 0.556. The van der Waals surface area contributed by atoms with Crippen LogP contribution in [0.15, 0.2) is 24.3 Å². The zero-order valence-corrected chi connectivity index (χ0v) is 13.1. The first-order chi connectivity index (χ1) is 10.8. The van der Waals surface area contributed by atoms with E-state index in [1.54, 1.807) is 0 Å². The molecule has 120 valence electrons. The predicted molar refractivity (Wildman–Crippen MR) is 88.8 cm³/mol. The minimum Gasteiger partial charge on any atom is -0.481 e. The van der Waals surface area contributed by atoms with Crippen LogP contribution in [-0.2, 0) is 6.54 Å². The second-order valence-corrected chi connectivity index (χ2v) is 5.74. The maximum atomic E-state index is 9.47. The molecule has 0 aromatic heterocycles. The van der Waals surface area contributed by atoms with Gasteiger partial charge in [-0.3, -0.25) is 0 Å². The van der Waals surface area contributed by atoms with Crippen molar-refractivity contribution in [1.29, 1.82) is 0 Å². The van der Waals surface area contributed by atoms with E-state index in [1.807, 2.05) is 12.1 Å². The molecule has 1 aromatic rings. The molecule has 0 atom stereocenters. The van der Waals surface area contributed by atoms with Crippen molar-refractivity contribution in [3.8, 4) is 18.1 Å². The minimum atomic E-state index is -0.0815. The molecule has 0 unspecified atom stereocenters. The molecule has 1 aliphatic heterocycles. The fourth-order valence-corrected chi connectivity index (χ4v) is 2.63. The third kappa shape index (κ3) is 6.07. The van der Waals surface area contributed by atoms with Gasteiger partial charge in [-0.1, -0.05) is 18.1 Å². The van der Waals surface area contributed by atoms with Crippen LogP contribution < -0.4 is 10.1 Å². The van der Waals surface area contributed by atoms with Crippen LogP contribution in [0.2, 0.25) is 0 Å². The number of rotatable bonds is 8. The molecule has 22 heavy (non-hydrogen) atoms. The Kier molecular flexibility index (Phi) is 7.24. The normalized spacial score (nSPS) is 16.4. The van der Waals surface area contributed by atoms with Gasteiger partial charge in [-0.05, 0) is 50.0 Å². The summed E-state index contributed by atoms with van der Waals surface area (Å²) in [5, 5.41) is 12.9. The van der Waals surface area contributed by atoms with E-state index < -0.39 is 0 Å². The van der Waals surface area contributed by atoms with Crippen LogP contribution in [0.1, 0.15) is 24.8 Å². The number of piperidine rings is 1. The predicted octanol–water partition coefficient (Wildman–Crippen LogP) is 1.63. The van der Waals surface area contributed by atoms with Gasteiger partial charge in [0.05, 0.1) is 6.10 Å². The molecule has 1 aliphatic rings. The summed E-state index contributed by atoms with van der Waals surface area (Å²) in [6, 6.07) is 8.02. The lowest BCUT2D eigenvalue weighted by Crippen LogP contribution is -2.37. The third-order valence-corrected chi connectivity index (χ3v) is 3.96. The maximum Gasteiger partial charge on any atom is 0.148 e. The Balaban J connectivity index is 1.56. The van der Waals surface area contributed by atoms with Crippen molar-refractivity contribution in [1.82, 2.24) is 10.2 Å². The number of likely N-dealkylation sites (tertiary alicyclic amines) is 1. The summed E-state index contributed by atoms with van der Waals surface area (Å²) in [5.74, 6) is 3.27. The van der Waals surface area contributed by atoms with Gasteiger partial charge in [0.1, 0.15) is 12.4 Å². The number of nitrogens with zero attached hydrogens (tertiary/aromatic N) is 1. The molecule has 0 saturated carbocycles. The van der Waals surface area contributed by atoms with E-state index in [0.717, 1.165) is 57.7 Å². The fourth-order valence-electron chi connectivity index (χ4n) is 2.63. The molecule has 1 heterocycles. The smallest absolute Gasteiger partial charge is 0.148 e. The SMILES string of the molecule is C#CCOc1ccc(CNCCCN2CCC(O)CC2)cc1. The number of hydrogen-bond donors (Lipinski definition) is 2. The van der Waals surface area contributed by atoms with Gasteiger partial charge < -0.3 is 20.1 Å². The highest BCUT2D eigenvalue weighted by Gasteiger charge is 2.15. The topological polar surface area (TPSA) is 44.7 Å². The highest BCUT2D eigenvalue weighted by Crippen LogP contribution is 2.12. The summed E-state index contributed by atoms with van der Waals surface area (Å²) >= 11 is 0. The molecule has 1 fully saturated rings. The summed E-state index contributed by atoms with van der Waals surface area (Å²) in [6.07, 6.45) is 8.05. The van der Waals surface area contributed by atoms with E-state index in [2.05, 4.69) is 28.3 Å². The van der Waals surface area contributed by atoms with E-state index in [9.17, 15) is 5.11 Å². The van der Waals surface area contributed by atoms with Crippen molar-refractivity contribution in [3.63, 3.8) is 0 Å². The summed E-state index contributed by atoms with van der Waals surface area (Å²) in [5.41, 5.74) is 1.24. The molecule has 1 saturated heterocycles. The van der Waals surface area contributed by atoms with Crippen LogP contribution >= 0.6 is 0 Å². The third-order valence-electron chi connectivity index (χ3n) is 3.96. The van der Waals surface area contributed by atoms with Gasteiger partial charge in [-0.15, -0.1) is 6.42 Å². The number of aliphatic hydroxyl groups excluding tert-OH is 1. The van der Waals surface area contributed by atoms with Gasteiger partial charge in [-0.25, -0.2) is 0 Å². The molecule has 0 spiro atoms. The zero-order chi connectivity index (χ0) is 15.6. The second-order valence-electron chi connectivity index (χ2n) is 5.74. The quantitative estimate of drug-likeness (QED) is 0.566. The molecular weight excluding hydrogens is 276 g/mol. The Labute approximate surface area is 133 Å². The van der Waals surface area contributed by atoms with Crippen LogP contribution in [-0.4, -0.2) is 48.9 Å². The Bertz CT molecular complexity index is 459. The molecule has 2 rings (SSSR count). The molecule has 4 heteroatoms. The van der Waals surface area contributed by atoms with Gasteiger partial charge in [-0.2, -0.15) is 0 Å². The van der Waals surface area contributed by atoms with E-state index >= 15 is 0 Å². The number of aliphatic hydroxyl groups is 1. The molecule has 0 amide bonds. The average Bonchev–Trinajstić information content (AvgIpc) is 2.55. The molecule has 0 bridgehead atoms. The van der Waals surface area contributed by atoms with E-state index in [0.29, 0.717) is 6.61 Å². The van der Waals surface area contributed by atoms with Gasteiger partial charge >= 0.3 is 0 Å². The Morgan fingerprint density at radius 1 is 1.27 bits per heavy atom. The van der Waals surface area contributed by atoms with Crippen LogP contribution in [0.25, 0.3) is 0 Å². The molecular formula is C18H26N2O2. The Morgan fingerprint density at radius 2 is 2.00 bits per heavy atom. The number of benzene rings is 1. The van der Waals surface area contributed by atoms with Crippen molar-refractivity contribution in [2.75, 3.05) is 32.8 Å². The van der Waals surface area contributed by atoms with Gasteiger partial charge in [0.25, 0.3) is 0 Å². The monoisotopic (exact) mass is 302 g/mol. The average molecular weight is 302 g/mol. The highest BCUT2D eigenvalue weighted by atomic mass is 16.5. The Hall–Kier alpha value is -1.54. The van der Waals surface area contributed by atoms with Crippen molar-refractivity contribution in [2.45, 2.75) is 31.9 Å². The summed E-state index contributed by atoms with van der Waals surface area (Å²) in [7, 11) is 0.